The lowest BCUT2D eigenvalue weighted by Gasteiger charge is -2.29. The minimum atomic E-state index is -0.172. The molecule has 1 saturated heterocycles. The van der Waals surface area contributed by atoms with Crippen LogP contribution in [0, 0.1) is 11.3 Å². The van der Waals surface area contributed by atoms with Crippen LogP contribution in [0.4, 0.5) is 0 Å². The molecule has 2 atom stereocenters. The third-order valence-electron chi connectivity index (χ3n) is 5.14. The number of hydrogen-bond acceptors (Lipinski definition) is 2. The molecule has 2 fully saturated rings. The third-order valence-corrected chi connectivity index (χ3v) is 5.14. The first-order chi connectivity index (χ1) is 9.53. The summed E-state index contributed by atoms with van der Waals surface area (Å²) in [4.78, 5) is 14.8. The van der Waals surface area contributed by atoms with Crippen molar-refractivity contribution in [3.8, 4) is 0 Å². The summed E-state index contributed by atoms with van der Waals surface area (Å²) in [6.45, 7) is 7.55. The molecule has 1 aromatic rings. The van der Waals surface area contributed by atoms with Gasteiger partial charge in [-0.25, -0.2) is 0 Å². The number of carbonyl (C=O) groups is 1. The number of nitrogens with zero attached hydrogens (tertiary/aromatic N) is 1. The first-order valence-corrected chi connectivity index (χ1v) is 7.65. The summed E-state index contributed by atoms with van der Waals surface area (Å²) in [5, 5.41) is 3.44. The Kier molecular flexibility index (Phi) is 3.33. The zero-order valence-electron chi connectivity index (χ0n) is 12.6. The van der Waals surface area contributed by atoms with Crippen molar-refractivity contribution in [1.82, 2.24) is 10.2 Å². The van der Waals surface area contributed by atoms with Crippen LogP contribution in [0.25, 0.3) is 0 Å². The second kappa shape index (κ2) is 4.88. The maximum absolute atomic E-state index is 12.7. The van der Waals surface area contributed by atoms with E-state index in [-0.39, 0.29) is 18.1 Å². The van der Waals surface area contributed by atoms with Gasteiger partial charge in [0, 0.05) is 6.54 Å². The maximum Gasteiger partial charge on any atom is 0.245 e. The summed E-state index contributed by atoms with van der Waals surface area (Å²) < 4.78 is 0. The molecule has 0 bridgehead atoms. The van der Waals surface area contributed by atoms with Crippen LogP contribution in [0.3, 0.4) is 0 Å². The van der Waals surface area contributed by atoms with E-state index in [1.807, 2.05) is 35.2 Å². The van der Waals surface area contributed by atoms with Crippen molar-refractivity contribution in [3.63, 3.8) is 0 Å². The average Bonchev–Trinajstić information content (AvgIpc) is 3.18. The Bertz CT molecular complexity index is 493. The third kappa shape index (κ3) is 2.24. The normalized spacial score (nSPS) is 28.2. The van der Waals surface area contributed by atoms with Gasteiger partial charge in [-0.2, -0.15) is 0 Å². The maximum atomic E-state index is 12.7. The van der Waals surface area contributed by atoms with Crippen molar-refractivity contribution in [1.29, 1.82) is 0 Å². The van der Waals surface area contributed by atoms with Crippen LogP contribution < -0.4 is 5.32 Å². The van der Waals surface area contributed by atoms with E-state index in [4.69, 9.17) is 0 Å². The van der Waals surface area contributed by atoms with Crippen molar-refractivity contribution in [3.05, 3.63) is 35.9 Å². The van der Waals surface area contributed by atoms with Gasteiger partial charge in [-0.3, -0.25) is 10.1 Å². The first-order valence-electron chi connectivity index (χ1n) is 7.65. The van der Waals surface area contributed by atoms with Crippen molar-refractivity contribution >= 4 is 5.91 Å². The molecule has 1 amide bonds. The number of nitrogens with one attached hydrogen (secondary N) is 1. The molecule has 1 aromatic carbocycles. The highest BCUT2D eigenvalue weighted by Crippen LogP contribution is 2.53. The van der Waals surface area contributed by atoms with E-state index in [0.29, 0.717) is 11.3 Å². The van der Waals surface area contributed by atoms with Crippen molar-refractivity contribution in [2.75, 3.05) is 6.54 Å². The molecule has 0 radical (unpaired) electrons. The minimum Gasteiger partial charge on any atom is -0.325 e. The quantitative estimate of drug-likeness (QED) is 0.914. The monoisotopic (exact) mass is 272 g/mol. The largest absolute Gasteiger partial charge is 0.325 e. The molecular formula is C17H24N2O. The Morgan fingerprint density at radius 2 is 1.95 bits per heavy atom. The Morgan fingerprint density at radius 1 is 1.30 bits per heavy atom. The molecule has 1 aliphatic carbocycles. The van der Waals surface area contributed by atoms with Gasteiger partial charge in [0.25, 0.3) is 0 Å². The second-order valence-electron chi connectivity index (χ2n) is 6.67. The van der Waals surface area contributed by atoms with Crippen LogP contribution in [-0.4, -0.2) is 23.5 Å². The highest BCUT2D eigenvalue weighted by atomic mass is 16.2. The van der Waals surface area contributed by atoms with Crippen molar-refractivity contribution < 1.29 is 4.79 Å². The molecule has 2 unspecified atom stereocenters. The van der Waals surface area contributed by atoms with Gasteiger partial charge in [0.05, 0.1) is 6.17 Å². The molecular weight excluding hydrogens is 248 g/mol. The number of amides is 1. The van der Waals surface area contributed by atoms with Crippen molar-refractivity contribution in [2.45, 2.75) is 45.8 Å². The molecule has 3 rings (SSSR count). The second-order valence-corrected chi connectivity index (χ2v) is 6.67. The van der Waals surface area contributed by atoms with Gasteiger partial charge in [-0.05, 0) is 36.7 Å². The number of benzene rings is 1. The SMILES string of the molecule is CC1NC(c2ccccc2)C(=O)N1CC1(C(C)C)CC1. The molecule has 1 N–H and O–H groups in total. The van der Waals surface area contributed by atoms with Gasteiger partial charge in [0.2, 0.25) is 5.91 Å². The lowest BCUT2D eigenvalue weighted by atomic mass is 9.91. The molecule has 1 heterocycles. The summed E-state index contributed by atoms with van der Waals surface area (Å²) in [6.07, 6.45) is 2.65. The number of carbonyl (C=O) groups excluding carboxylic acids is 1. The van der Waals surface area contributed by atoms with Crippen LogP contribution >= 0.6 is 0 Å². The van der Waals surface area contributed by atoms with Gasteiger partial charge in [0.15, 0.2) is 0 Å². The van der Waals surface area contributed by atoms with Crippen LogP contribution in [0.2, 0.25) is 0 Å². The molecule has 0 spiro atoms. The Hall–Kier alpha value is -1.35. The summed E-state index contributed by atoms with van der Waals surface area (Å²) in [6, 6.07) is 9.86. The minimum absolute atomic E-state index is 0.129. The number of hydrogen-bond donors (Lipinski definition) is 1. The molecule has 2 aliphatic rings. The Labute approximate surface area is 121 Å². The van der Waals surface area contributed by atoms with Gasteiger partial charge < -0.3 is 4.90 Å². The Balaban J connectivity index is 1.76. The van der Waals surface area contributed by atoms with E-state index >= 15 is 0 Å². The van der Waals surface area contributed by atoms with E-state index in [2.05, 4.69) is 26.1 Å². The van der Waals surface area contributed by atoms with Gasteiger partial charge >= 0.3 is 0 Å². The van der Waals surface area contributed by atoms with Crippen LogP contribution in [-0.2, 0) is 4.79 Å². The summed E-state index contributed by atoms with van der Waals surface area (Å²) in [5.74, 6) is 0.883. The molecule has 1 aliphatic heterocycles. The molecule has 108 valence electrons. The van der Waals surface area contributed by atoms with E-state index < -0.39 is 0 Å². The summed E-state index contributed by atoms with van der Waals surface area (Å²) >= 11 is 0. The van der Waals surface area contributed by atoms with Crippen LogP contribution in [0.5, 0.6) is 0 Å². The van der Waals surface area contributed by atoms with Gasteiger partial charge in [0.1, 0.15) is 6.04 Å². The Morgan fingerprint density at radius 3 is 2.50 bits per heavy atom. The molecule has 20 heavy (non-hydrogen) atoms. The fourth-order valence-electron chi connectivity index (χ4n) is 3.28. The standard InChI is InChI=1S/C17H24N2O/c1-12(2)17(9-10-17)11-19-13(3)18-15(16(19)20)14-7-5-4-6-8-14/h4-8,12-13,15,18H,9-11H2,1-3H3. The predicted molar refractivity (Wildman–Crippen MR) is 80.0 cm³/mol. The fraction of sp³-hybridized carbons (Fsp3) is 0.588. The topological polar surface area (TPSA) is 32.3 Å². The fourth-order valence-corrected chi connectivity index (χ4v) is 3.28. The molecule has 1 saturated carbocycles. The first kappa shape index (κ1) is 13.6. The average molecular weight is 272 g/mol. The summed E-state index contributed by atoms with van der Waals surface area (Å²) in [5.41, 5.74) is 1.44. The van der Waals surface area contributed by atoms with Gasteiger partial charge in [-0.1, -0.05) is 44.2 Å². The highest BCUT2D eigenvalue weighted by Gasteiger charge is 2.50. The molecule has 3 heteroatoms. The number of rotatable bonds is 4. The lowest BCUT2D eigenvalue weighted by molar-refractivity contribution is -0.131. The highest BCUT2D eigenvalue weighted by molar-refractivity contribution is 5.85. The molecule has 3 nitrogen and oxygen atoms in total. The van der Waals surface area contributed by atoms with Gasteiger partial charge in [-0.15, -0.1) is 0 Å². The van der Waals surface area contributed by atoms with Crippen molar-refractivity contribution in [2.24, 2.45) is 11.3 Å². The zero-order chi connectivity index (χ0) is 14.3. The van der Waals surface area contributed by atoms with Crippen LogP contribution in [0.15, 0.2) is 30.3 Å². The van der Waals surface area contributed by atoms with E-state index in [1.54, 1.807) is 0 Å². The predicted octanol–water partition coefficient (Wildman–Crippen LogP) is 2.94. The molecule has 0 aromatic heterocycles. The van der Waals surface area contributed by atoms with E-state index in [9.17, 15) is 4.79 Å². The smallest absolute Gasteiger partial charge is 0.245 e. The van der Waals surface area contributed by atoms with E-state index in [0.717, 1.165) is 12.1 Å². The zero-order valence-corrected chi connectivity index (χ0v) is 12.6. The van der Waals surface area contributed by atoms with Crippen LogP contribution in [0.1, 0.15) is 45.2 Å². The lowest BCUT2D eigenvalue weighted by Crippen LogP contribution is -2.40. The van der Waals surface area contributed by atoms with E-state index in [1.165, 1.54) is 12.8 Å². The summed E-state index contributed by atoms with van der Waals surface area (Å²) in [7, 11) is 0.